The van der Waals surface area contributed by atoms with Crippen molar-refractivity contribution in [2.45, 2.75) is 32.5 Å². The Hall–Kier alpha value is -0.780. The lowest BCUT2D eigenvalue weighted by molar-refractivity contribution is -0.203. The van der Waals surface area contributed by atoms with Crippen molar-refractivity contribution in [3.8, 4) is 0 Å². The Balaban J connectivity index is 3.72. The van der Waals surface area contributed by atoms with Gasteiger partial charge < -0.3 is 10.1 Å². The topological polar surface area (TPSA) is 38.3 Å². The minimum Gasteiger partial charge on any atom is -0.455 e. The summed E-state index contributed by atoms with van der Waals surface area (Å²) in [5.74, 6) is -2.14. The van der Waals surface area contributed by atoms with E-state index < -0.39 is 18.2 Å². The fourth-order valence-electron chi connectivity index (χ4n) is 0.773. The number of alkyl halides is 3. The maximum atomic E-state index is 11.7. The Bertz CT molecular complexity index is 182. The van der Waals surface area contributed by atoms with Gasteiger partial charge in [-0.1, -0.05) is 6.92 Å². The molecule has 0 amide bonds. The summed E-state index contributed by atoms with van der Waals surface area (Å²) in [7, 11) is 0. The van der Waals surface area contributed by atoms with Gasteiger partial charge in [0.25, 0.3) is 0 Å². The van der Waals surface area contributed by atoms with E-state index in [1.807, 2.05) is 6.92 Å². The van der Waals surface area contributed by atoms with Gasteiger partial charge in [-0.3, -0.25) is 0 Å². The van der Waals surface area contributed by atoms with E-state index >= 15 is 0 Å². The summed E-state index contributed by atoms with van der Waals surface area (Å²) in [5.41, 5.74) is 0. The molecule has 0 aromatic heterocycles. The van der Waals surface area contributed by atoms with Gasteiger partial charge in [-0.15, -0.1) is 0 Å². The molecule has 14 heavy (non-hydrogen) atoms. The SMILES string of the molecule is CCCNCC(C)OC(=O)C(F)(F)F. The third-order valence-electron chi connectivity index (χ3n) is 1.40. The highest BCUT2D eigenvalue weighted by atomic mass is 19.4. The lowest BCUT2D eigenvalue weighted by atomic mass is 10.4. The van der Waals surface area contributed by atoms with Gasteiger partial charge in [-0.25, -0.2) is 4.79 Å². The van der Waals surface area contributed by atoms with Gasteiger partial charge in [-0.05, 0) is 19.9 Å². The molecular weight excluding hydrogens is 199 g/mol. The normalized spacial score (nSPS) is 13.8. The summed E-state index contributed by atoms with van der Waals surface area (Å²) in [6.45, 7) is 4.26. The van der Waals surface area contributed by atoms with E-state index in [9.17, 15) is 18.0 Å². The Labute approximate surface area is 80.6 Å². The first-order chi connectivity index (χ1) is 6.38. The second-order valence-electron chi connectivity index (χ2n) is 2.92. The van der Waals surface area contributed by atoms with Crippen molar-refractivity contribution in [1.29, 1.82) is 0 Å². The fraction of sp³-hybridized carbons (Fsp3) is 0.875. The Morgan fingerprint density at radius 2 is 2.07 bits per heavy atom. The summed E-state index contributed by atoms with van der Waals surface area (Å²) in [4.78, 5) is 10.3. The summed E-state index contributed by atoms with van der Waals surface area (Å²) < 4.78 is 39.2. The molecule has 0 aliphatic rings. The lowest BCUT2D eigenvalue weighted by Gasteiger charge is -2.14. The molecule has 0 bridgehead atoms. The number of nitrogens with one attached hydrogen (secondary N) is 1. The zero-order valence-electron chi connectivity index (χ0n) is 8.15. The minimum absolute atomic E-state index is 0.232. The smallest absolute Gasteiger partial charge is 0.455 e. The molecule has 0 aliphatic heterocycles. The van der Waals surface area contributed by atoms with Crippen LogP contribution < -0.4 is 5.32 Å². The van der Waals surface area contributed by atoms with Crippen LogP contribution in [0.2, 0.25) is 0 Å². The van der Waals surface area contributed by atoms with E-state index in [2.05, 4.69) is 10.1 Å². The molecule has 1 N–H and O–H groups in total. The largest absolute Gasteiger partial charge is 0.490 e. The number of rotatable bonds is 5. The molecule has 1 atom stereocenters. The molecule has 84 valence electrons. The molecule has 6 heteroatoms. The summed E-state index contributed by atoms with van der Waals surface area (Å²) in [6, 6.07) is 0. The number of carbonyl (C=O) groups is 1. The maximum Gasteiger partial charge on any atom is 0.490 e. The van der Waals surface area contributed by atoms with Crippen molar-refractivity contribution < 1.29 is 22.7 Å². The number of hydrogen-bond acceptors (Lipinski definition) is 3. The highest BCUT2D eigenvalue weighted by molar-refractivity contribution is 5.75. The zero-order valence-corrected chi connectivity index (χ0v) is 8.15. The first-order valence-electron chi connectivity index (χ1n) is 4.36. The molecule has 0 aromatic carbocycles. The standard InChI is InChI=1S/C8H14F3NO2/c1-3-4-12-5-6(2)14-7(13)8(9,10)11/h6,12H,3-5H2,1-2H3. The van der Waals surface area contributed by atoms with Gasteiger partial charge in [0.15, 0.2) is 0 Å². The van der Waals surface area contributed by atoms with E-state index in [0.29, 0.717) is 6.54 Å². The Kier molecular flexibility index (Phi) is 5.52. The number of esters is 1. The van der Waals surface area contributed by atoms with E-state index in [-0.39, 0.29) is 6.54 Å². The quantitative estimate of drug-likeness (QED) is 0.555. The highest BCUT2D eigenvalue weighted by Gasteiger charge is 2.41. The zero-order chi connectivity index (χ0) is 11.2. The van der Waals surface area contributed by atoms with Crippen LogP contribution in [0.5, 0.6) is 0 Å². The van der Waals surface area contributed by atoms with E-state index in [4.69, 9.17) is 0 Å². The molecule has 0 spiro atoms. The highest BCUT2D eigenvalue weighted by Crippen LogP contribution is 2.17. The number of carbonyl (C=O) groups excluding carboxylic acids is 1. The summed E-state index contributed by atoms with van der Waals surface area (Å²) >= 11 is 0. The van der Waals surface area contributed by atoms with Crippen molar-refractivity contribution in [3.05, 3.63) is 0 Å². The van der Waals surface area contributed by atoms with Crippen LogP contribution in [0.15, 0.2) is 0 Å². The molecule has 0 fully saturated rings. The molecule has 0 saturated carbocycles. The van der Waals surface area contributed by atoms with Crippen molar-refractivity contribution in [2.75, 3.05) is 13.1 Å². The first kappa shape index (κ1) is 13.2. The van der Waals surface area contributed by atoms with Gasteiger partial charge in [0.2, 0.25) is 0 Å². The fourth-order valence-corrected chi connectivity index (χ4v) is 0.773. The lowest BCUT2D eigenvalue weighted by Crippen LogP contribution is -2.34. The van der Waals surface area contributed by atoms with Crippen LogP contribution in [0.25, 0.3) is 0 Å². The van der Waals surface area contributed by atoms with E-state index in [0.717, 1.165) is 6.42 Å². The molecular formula is C8H14F3NO2. The van der Waals surface area contributed by atoms with Crippen LogP contribution in [0.3, 0.4) is 0 Å². The average molecular weight is 213 g/mol. The summed E-state index contributed by atoms with van der Waals surface area (Å²) in [6.07, 6.45) is -4.80. The van der Waals surface area contributed by atoms with Crippen LogP contribution in [0.1, 0.15) is 20.3 Å². The molecule has 0 aromatic rings. The van der Waals surface area contributed by atoms with Crippen molar-refractivity contribution in [2.24, 2.45) is 0 Å². The predicted molar refractivity (Wildman–Crippen MR) is 44.8 cm³/mol. The van der Waals surface area contributed by atoms with Crippen molar-refractivity contribution >= 4 is 5.97 Å². The van der Waals surface area contributed by atoms with Crippen LogP contribution in [-0.4, -0.2) is 31.3 Å². The molecule has 1 unspecified atom stereocenters. The molecule has 3 nitrogen and oxygen atoms in total. The maximum absolute atomic E-state index is 11.7. The molecule has 0 saturated heterocycles. The molecule has 0 aliphatic carbocycles. The second-order valence-corrected chi connectivity index (χ2v) is 2.92. The molecule has 0 radical (unpaired) electrons. The average Bonchev–Trinajstić information content (AvgIpc) is 2.03. The van der Waals surface area contributed by atoms with Gasteiger partial charge in [0.05, 0.1) is 0 Å². The third-order valence-corrected chi connectivity index (χ3v) is 1.40. The number of ether oxygens (including phenoxy) is 1. The van der Waals surface area contributed by atoms with Crippen molar-refractivity contribution in [1.82, 2.24) is 5.32 Å². The third kappa shape index (κ3) is 5.80. The number of hydrogen-bond donors (Lipinski definition) is 1. The number of halogens is 3. The van der Waals surface area contributed by atoms with Crippen molar-refractivity contribution in [3.63, 3.8) is 0 Å². The van der Waals surface area contributed by atoms with Crippen LogP contribution >= 0.6 is 0 Å². The molecule has 0 rings (SSSR count). The second kappa shape index (κ2) is 5.85. The minimum atomic E-state index is -4.90. The van der Waals surface area contributed by atoms with Gasteiger partial charge in [-0.2, -0.15) is 13.2 Å². The summed E-state index contributed by atoms with van der Waals surface area (Å²) in [5, 5.41) is 2.85. The van der Waals surface area contributed by atoms with Crippen LogP contribution in [0, 0.1) is 0 Å². The van der Waals surface area contributed by atoms with Gasteiger partial charge >= 0.3 is 12.1 Å². The molecule has 0 heterocycles. The monoisotopic (exact) mass is 213 g/mol. The Morgan fingerprint density at radius 1 is 1.50 bits per heavy atom. The van der Waals surface area contributed by atoms with Gasteiger partial charge in [0, 0.05) is 6.54 Å². The van der Waals surface area contributed by atoms with Crippen LogP contribution in [0.4, 0.5) is 13.2 Å². The van der Waals surface area contributed by atoms with E-state index in [1.165, 1.54) is 6.92 Å². The predicted octanol–water partition coefficient (Wildman–Crippen LogP) is 1.48. The first-order valence-corrected chi connectivity index (χ1v) is 4.36. The Morgan fingerprint density at radius 3 is 2.50 bits per heavy atom. The van der Waals surface area contributed by atoms with Crippen LogP contribution in [-0.2, 0) is 9.53 Å². The van der Waals surface area contributed by atoms with E-state index in [1.54, 1.807) is 0 Å². The van der Waals surface area contributed by atoms with Gasteiger partial charge in [0.1, 0.15) is 6.10 Å².